The molecule has 8 heteroatoms. The van der Waals surface area contributed by atoms with Gasteiger partial charge in [-0.2, -0.15) is 13.2 Å². The molecule has 0 saturated heterocycles. The Labute approximate surface area is 151 Å². The Morgan fingerprint density at radius 1 is 1.08 bits per heavy atom. The average molecular weight is 381 g/mol. The van der Waals surface area contributed by atoms with E-state index in [4.69, 9.17) is 11.6 Å². The smallest absolute Gasteiger partial charge is 0.287 e. The van der Waals surface area contributed by atoms with Gasteiger partial charge in [-0.05, 0) is 23.8 Å². The molecule has 26 heavy (non-hydrogen) atoms. The van der Waals surface area contributed by atoms with E-state index in [1.165, 1.54) is 24.3 Å². The van der Waals surface area contributed by atoms with Crippen LogP contribution in [-0.2, 0) is 4.79 Å². The number of fused-ring (bicyclic) bond motifs is 1. The van der Waals surface area contributed by atoms with Crippen LogP contribution in [0.5, 0.6) is 0 Å². The van der Waals surface area contributed by atoms with Gasteiger partial charge in [-0.3, -0.25) is 14.6 Å². The number of hydrogen-bond donors (Lipinski definition) is 0. The number of para-hydroxylation sites is 1. The fourth-order valence-corrected chi connectivity index (χ4v) is 2.94. The number of imide groups is 1. The number of amides is 2. The minimum absolute atomic E-state index is 0.174. The maximum absolute atomic E-state index is 12.9. The average Bonchev–Trinajstić information content (AvgIpc) is 2.58. The Hall–Kier alpha value is -2.67. The molecule has 0 spiro atoms. The third-order valence-corrected chi connectivity index (χ3v) is 4.15. The molecular formula is C18H12ClF3N2O2. The van der Waals surface area contributed by atoms with Crippen molar-refractivity contribution in [3.05, 3.63) is 64.7 Å². The molecule has 0 N–H and O–H groups in total. The monoisotopic (exact) mass is 380 g/mol. The van der Waals surface area contributed by atoms with Gasteiger partial charge in [-0.25, -0.2) is 4.90 Å². The van der Waals surface area contributed by atoms with Gasteiger partial charge in [0, 0.05) is 11.8 Å². The van der Waals surface area contributed by atoms with Crippen molar-refractivity contribution in [2.45, 2.75) is 12.1 Å². The summed E-state index contributed by atoms with van der Waals surface area (Å²) in [6.45, 7) is -1.40. The largest absolute Gasteiger partial charge is 0.407 e. The third kappa shape index (κ3) is 3.48. The zero-order valence-corrected chi connectivity index (χ0v) is 14.0. The van der Waals surface area contributed by atoms with Crippen LogP contribution < -0.4 is 4.90 Å². The molecule has 2 aromatic carbocycles. The second kappa shape index (κ2) is 6.92. The van der Waals surface area contributed by atoms with E-state index < -0.39 is 30.5 Å². The van der Waals surface area contributed by atoms with Crippen LogP contribution in [-0.4, -0.2) is 30.8 Å². The van der Waals surface area contributed by atoms with Gasteiger partial charge in [0.15, 0.2) is 0 Å². The van der Waals surface area contributed by atoms with E-state index in [-0.39, 0.29) is 16.3 Å². The summed E-state index contributed by atoms with van der Waals surface area (Å²) in [4.78, 5) is 29.9. The van der Waals surface area contributed by atoms with Crippen molar-refractivity contribution in [1.29, 1.82) is 0 Å². The number of anilines is 1. The first-order valence-electron chi connectivity index (χ1n) is 7.58. The van der Waals surface area contributed by atoms with Crippen molar-refractivity contribution in [1.82, 2.24) is 0 Å². The van der Waals surface area contributed by atoms with Crippen molar-refractivity contribution in [2.24, 2.45) is 4.99 Å². The number of carbonyl (C=O) groups is 2. The zero-order chi connectivity index (χ0) is 18.9. The SMILES string of the molecule is O=C1c2ccccc2[C@@H](C=NCC(F)(F)F)C(=O)N1c1ccccc1Cl. The Morgan fingerprint density at radius 2 is 1.73 bits per heavy atom. The molecule has 0 saturated carbocycles. The molecule has 2 aromatic rings. The number of halogens is 4. The number of alkyl halides is 3. The second-order valence-electron chi connectivity index (χ2n) is 5.60. The molecule has 2 amide bonds. The lowest BCUT2D eigenvalue weighted by atomic mass is 9.89. The van der Waals surface area contributed by atoms with E-state index in [0.29, 0.717) is 5.56 Å². The first-order valence-corrected chi connectivity index (χ1v) is 7.96. The minimum atomic E-state index is -4.48. The van der Waals surface area contributed by atoms with E-state index in [9.17, 15) is 22.8 Å². The van der Waals surface area contributed by atoms with Gasteiger partial charge in [0.2, 0.25) is 5.91 Å². The zero-order valence-electron chi connectivity index (χ0n) is 13.2. The van der Waals surface area contributed by atoms with E-state index in [2.05, 4.69) is 4.99 Å². The lowest BCUT2D eigenvalue weighted by Gasteiger charge is -2.31. The molecule has 0 radical (unpaired) electrons. The molecule has 1 heterocycles. The summed E-state index contributed by atoms with van der Waals surface area (Å²) in [7, 11) is 0. The molecule has 134 valence electrons. The summed E-state index contributed by atoms with van der Waals surface area (Å²) in [5.41, 5.74) is 0.708. The molecule has 0 fully saturated rings. The van der Waals surface area contributed by atoms with Gasteiger partial charge in [0.05, 0.1) is 16.6 Å². The number of aliphatic imine (C=N–C) groups is 1. The number of hydrogen-bond acceptors (Lipinski definition) is 3. The Bertz CT molecular complexity index is 896. The van der Waals surface area contributed by atoms with Gasteiger partial charge in [0.25, 0.3) is 5.91 Å². The van der Waals surface area contributed by atoms with Gasteiger partial charge >= 0.3 is 6.18 Å². The topological polar surface area (TPSA) is 49.7 Å². The summed E-state index contributed by atoms with van der Waals surface area (Å²) in [5, 5.41) is 0.180. The van der Waals surface area contributed by atoms with E-state index in [1.807, 2.05) is 0 Å². The van der Waals surface area contributed by atoms with Gasteiger partial charge in [0.1, 0.15) is 6.54 Å². The van der Waals surface area contributed by atoms with Gasteiger partial charge < -0.3 is 0 Å². The molecule has 0 aromatic heterocycles. The molecule has 0 bridgehead atoms. The molecule has 1 atom stereocenters. The Balaban J connectivity index is 2.07. The molecule has 1 aliphatic rings. The fraction of sp³-hybridized carbons (Fsp3) is 0.167. The number of carbonyl (C=O) groups excluding carboxylic acids is 2. The Morgan fingerprint density at radius 3 is 2.42 bits per heavy atom. The quantitative estimate of drug-likeness (QED) is 0.590. The first-order chi connectivity index (χ1) is 12.3. The predicted molar refractivity (Wildman–Crippen MR) is 91.9 cm³/mol. The van der Waals surface area contributed by atoms with Crippen molar-refractivity contribution < 1.29 is 22.8 Å². The van der Waals surface area contributed by atoms with Crippen molar-refractivity contribution in [3.63, 3.8) is 0 Å². The predicted octanol–water partition coefficient (Wildman–Crippen LogP) is 4.24. The van der Waals surface area contributed by atoms with Crippen LogP contribution in [0.15, 0.2) is 53.5 Å². The molecule has 3 rings (SSSR count). The highest BCUT2D eigenvalue weighted by Gasteiger charge is 2.39. The van der Waals surface area contributed by atoms with Crippen molar-refractivity contribution in [2.75, 3.05) is 11.4 Å². The van der Waals surface area contributed by atoms with Crippen LogP contribution in [0.25, 0.3) is 0 Å². The maximum Gasteiger partial charge on any atom is 0.407 e. The van der Waals surface area contributed by atoms with Crippen molar-refractivity contribution in [3.8, 4) is 0 Å². The van der Waals surface area contributed by atoms with E-state index >= 15 is 0 Å². The summed E-state index contributed by atoms with van der Waals surface area (Å²) in [6, 6.07) is 12.5. The number of rotatable bonds is 3. The molecule has 0 aliphatic carbocycles. The maximum atomic E-state index is 12.9. The molecular weight excluding hydrogens is 369 g/mol. The highest BCUT2D eigenvalue weighted by atomic mass is 35.5. The summed E-state index contributed by atoms with van der Waals surface area (Å²) in [5.74, 6) is -2.39. The van der Waals surface area contributed by atoms with E-state index in [0.717, 1.165) is 11.1 Å². The normalized spacial score (nSPS) is 17.7. The molecule has 4 nitrogen and oxygen atoms in total. The van der Waals surface area contributed by atoms with Crippen LogP contribution >= 0.6 is 11.6 Å². The standard InChI is InChI=1S/C18H12ClF3N2O2/c19-14-7-3-4-8-15(14)24-16(25)12-6-2-1-5-11(12)13(17(24)26)9-23-10-18(20,21)22/h1-9,13H,10H2/t13-/m1/s1. The van der Waals surface area contributed by atoms with Gasteiger partial charge in [-0.1, -0.05) is 41.9 Å². The van der Waals surface area contributed by atoms with Crippen LogP contribution in [0.4, 0.5) is 18.9 Å². The number of benzene rings is 2. The minimum Gasteiger partial charge on any atom is -0.287 e. The molecule has 0 unspecified atom stereocenters. The van der Waals surface area contributed by atoms with Crippen LogP contribution in [0.1, 0.15) is 21.8 Å². The van der Waals surface area contributed by atoms with Crippen molar-refractivity contribution >= 4 is 35.3 Å². The Kier molecular flexibility index (Phi) is 4.82. The summed E-state index contributed by atoms with van der Waals surface area (Å²) in [6.07, 6.45) is -3.54. The second-order valence-corrected chi connectivity index (χ2v) is 6.01. The third-order valence-electron chi connectivity index (χ3n) is 3.83. The fourth-order valence-electron chi connectivity index (χ4n) is 2.72. The van der Waals surface area contributed by atoms with E-state index in [1.54, 1.807) is 24.3 Å². The summed E-state index contributed by atoms with van der Waals surface area (Å²) >= 11 is 6.10. The van der Waals surface area contributed by atoms with Crippen LogP contribution in [0, 0.1) is 0 Å². The van der Waals surface area contributed by atoms with Crippen LogP contribution in [0.3, 0.4) is 0 Å². The lowest BCUT2D eigenvalue weighted by molar-refractivity contribution is -0.120. The molecule has 1 aliphatic heterocycles. The first kappa shape index (κ1) is 18.1. The van der Waals surface area contributed by atoms with Crippen LogP contribution in [0.2, 0.25) is 5.02 Å². The highest BCUT2D eigenvalue weighted by molar-refractivity contribution is 6.37. The lowest BCUT2D eigenvalue weighted by Crippen LogP contribution is -2.45. The van der Waals surface area contributed by atoms with Gasteiger partial charge in [-0.15, -0.1) is 0 Å². The number of nitrogens with zero attached hydrogens (tertiary/aromatic N) is 2. The summed E-state index contributed by atoms with van der Waals surface area (Å²) < 4.78 is 37.1. The highest BCUT2D eigenvalue weighted by Crippen LogP contribution is 2.35.